The molecule has 1 unspecified atom stereocenters. The predicted octanol–water partition coefficient (Wildman–Crippen LogP) is 3.80. The van der Waals surface area contributed by atoms with Gasteiger partial charge in [-0.3, -0.25) is 0 Å². The summed E-state index contributed by atoms with van der Waals surface area (Å²) in [5, 5.41) is 10.1. The van der Waals surface area contributed by atoms with Crippen LogP contribution in [0, 0.1) is 5.41 Å². The number of carboxylic acid groups (broad SMARTS) is 1. The van der Waals surface area contributed by atoms with Crippen LogP contribution in [0.3, 0.4) is 0 Å². The minimum absolute atomic E-state index is 0.0749. The van der Waals surface area contributed by atoms with E-state index >= 15 is 0 Å². The lowest BCUT2D eigenvalue weighted by atomic mass is 9.87. The van der Waals surface area contributed by atoms with Gasteiger partial charge < -0.3 is 10.0 Å². The van der Waals surface area contributed by atoms with Crippen LogP contribution < -0.4 is 4.90 Å². The third-order valence-corrected chi connectivity index (χ3v) is 4.13. The molecule has 2 aromatic rings. The van der Waals surface area contributed by atoms with Crippen molar-refractivity contribution in [2.45, 2.75) is 33.7 Å². The van der Waals surface area contributed by atoms with Crippen molar-refractivity contribution in [2.24, 2.45) is 5.41 Å². The van der Waals surface area contributed by atoms with E-state index in [9.17, 15) is 9.90 Å². The van der Waals surface area contributed by atoms with Crippen LogP contribution in [-0.2, 0) is 0 Å². The number of fused-ring (bicyclic) bond motifs is 1. The lowest BCUT2D eigenvalue weighted by molar-refractivity contribution is 0.0699. The Morgan fingerprint density at radius 3 is 2.48 bits per heavy atom. The summed E-state index contributed by atoms with van der Waals surface area (Å²) in [4.78, 5) is 18.2. The van der Waals surface area contributed by atoms with Crippen molar-refractivity contribution in [3.8, 4) is 0 Å². The highest BCUT2D eigenvalue weighted by molar-refractivity contribution is 6.03. The number of benzene rings is 1. The maximum absolute atomic E-state index is 11.5. The molecular formula is C17H22N2O2. The molecule has 4 heteroatoms. The van der Waals surface area contributed by atoms with Crippen LogP contribution in [0.5, 0.6) is 0 Å². The van der Waals surface area contributed by atoms with Crippen molar-refractivity contribution in [1.29, 1.82) is 0 Å². The molecule has 0 fully saturated rings. The fourth-order valence-electron chi connectivity index (χ4n) is 2.30. The number of carbonyl (C=O) groups is 1. The Kier molecular flexibility index (Phi) is 3.90. The van der Waals surface area contributed by atoms with E-state index in [0.717, 1.165) is 0 Å². The Bertz CT molecular complexity index is 674. The second-order valence-electron chi connectivity index (χ2n) is 6.50. The van der Waals surface area contributed by atoms with Gasteiger partial charge in [-0.15, -0.1) is 0 Å². The van der Waals surface area contributed by atoms with Gasteiger partial charge in [-0.25, -0.2) is 9.78 Å². The summed E-state index contributed by atoms with van der Waals surface area (Å²) in [6.45, 7) is 8.60. The lowest BCUT2D eigenvalue weighted by Gasteiger charge is -2.36. The van der Waals surface area contributed by atoms with Crippen molar-refractivity contribution < 1.29 is 9.90 Å². The van der Waals surface area contributed by atoms with E-state index in [4.69, 9.17) is 0 Å². The van der Waals surface area contributed by atoms with E-state index in [-0.39, 0.29) is 11.5 Å². The SMILES string of the molecule is CC(N(C)c1cc(C(=O)O)c2ccccc2n1)C(C)(C)C. The van der Waals surface area contributed by atoms with Gasteiger partial charge >= 0.3 is 5.97 Å². The van der Waals surface area contributed by atoms with Gasteiger partial charge in [0.25, 0.3) is 0 Å². The number of carboxylic acids is 1. The minimum Gasteiger partial charge on any atom is -0.478 e. The molecule has 0 amide bonds. The predicted molar refractivity (Wildman–Crippen MR) is 86.0 cm³/mol. The molecule has 4 nitrogen and oxygen atoms in total. The summed E-state index contributed by atoms with van der Waals surface area (Å²) in [5.74, 6) is -0.236. The molecule has 0 bridgehead atoms. The number of rotatable bonds is 3. The third kappa shape index (κ3) is 2.99. The van der Waals surface area contributed by atoms with Gasteiger partial charge in [0.2, 0.25) is 0 Å². The first-order valence-corrected chi connectivity index (χ1v) is 7.07. The molecule has 0 radical (unpaired) electrons. The summed E-state index contributed by atoms with van der Waals surface area (Å²) in [6, 6.07) is 9.24. The normalized spacial score (nSPS) is 13.2. The second kappa shape index (κ2) is 5.35. The molecule has 0 saturated heterocycles. The van der Waals surface area contributed by atoms with E-state index in [1.807, 2.05) is 30.1 Å². The molecule has 0 aliphatic carbocycles. The van der Waals surface area contributed by atoms with Crippen LogP contribution in [0.15, 0.2) is 30.3 Å². The van der Waals surface area contributed by atoms with Gasteiger partial charge in [0.05, 0.1) is 11.1 Å². The molecule has 1 aromatic carbocycles. The standard InChI is InChI=1S/C17H22N2O2/c1-11(17(2,3)4)19(5)15-10-13(16(20)21)12-8-6-7-9-14(12)18-15/h6-11H,1-5H3,(H,20,21). The molecule has 0 aliphatic rings. The van der Waals surface area contributed by atoms with Crippen LogP contribution in [0.2, 0.25) is 0 Å². The highest BCUT2D eigenvalue weighted by atomic mass is 16.4. The van der Waals surface area contributed by atoms with Gasteiger partial charge in [-0.2, -0.15) is 0 Å². The Morgan fingerprint density at radius 2 is 1.90 bits per heavy atom. The molecule has 2 rings (SSSR count). The molecular weight excluding hydrogens is 264 g/mol. The summed E-state index contributed by atoms with van der Waals surface area (Å²) in [5.41, 5.74) is 1.08. The van der Waals surface area contributed by atoms with Crippen LogP contribution >= 0.6 is 0 Å². The first-order valence-electron chi connectivity index (χ1n) is 7.07. The molecule has 0 spiro atoms. The number of nitrogens with zero attached hydrogens (tertiary/aromatic N) is 2. The number of hydrogen-bond donors (Lipinski definition) is 1. The summed E-state index contributed by atoms with van der Waals surface area (Å²) < 4.78 is 0. The number of para-hydroxylation sites is 1. The van der Waals surface area contributed by atoms with Crippen LogP contribution in [0.25, 0.3) is 10.9 Å². The highest BCUT2D eigenvalue weighted by Crippen LogP contribution is 2.29. The van der Waals surface area contributed by atoms with E-state index in [2.05, 4.69) is 32.7 Å². The van der Waals surface area contributed by atoms with E-state index in [1.54, 1.807) is 12.1 Å². The van der Waals surface area contributed by atoms with E-state index in [1.165, 1.54) is 0 Å². The molecule has 0 aliphatic heterocycles. The van der Waals surface area contributed by atoms with Crippen LogP contribution in [0.1, 0.15) is 38.1 Å². The summed E-state index contributed by atoms with van der Waals surface area (Å²) >= 11 is 0. The van der Waals surface area contributed by atoms with Crippen molar-refractivity contribution >= 4 is 22.7 Å². The molecule has 1 aromatic heterocycles. The van der Waals surface area contributed by atoms with Crippen molar-refractivity contribution in [3.63, 3.8) is 0 Å². The van der Waals surface area contributed by atoms with Crippen molar-refractivity contribution in [2.75, 3.05) is 11.9 Å². The zero-order chi connectivity index (χ0) is 15.8. The van der Waals surface area contributed by atoms with Crippen LogP contribution in [0.4, 0.5) is 5.82 Å². The fourth-order valence-corrected chi connectivity index (χ4v) is 2.30. The monoisotopic (exact) mass is 286 g/mol. The van der Waals surface area contributed by atoms with Gasteiger partial charge in [-0.1, -0.05) is 39.0 Å². The zero-order valence-corrected chi connectivity index (χ0v) is 13.2. The smallest absolute Gasteiger partial charge is 0.336 e. The van der Waals surface area contributed by atoms with E-state index < -0.39 is 5.97 Å². The average molecular weight is 286 g/mol. The largest absolute Gasteiger partial charge is 0.478 e. The number of hydrogen-bond acceptors (Lipinski definition) is 3. The average Bonchev–Trinajstić information content (AvgIpc) is 2.43. The molecule has 1 heterocycles. The van der Waals surface area contributed by atoms with Crippen LogP contribution in [-0.4, -0.2) is 29.1 Å². The zero-order valence-electron chi connectivity index (χ0n) is 13.2. The molecule has 112 valence electrons. The van der Waals surface area contributed by atoms with Crippen molar-refractivity contribution in [3.05, 3.63) is 35.9 Å². The number of aromatic carboxylic acids is 1. The summed E-state index contributed by atoms with van der Waals surface area (Å²) in [6.07, 6.45) is 0. The molecule has 1 N–H and O–H groups in total. The number of aromatic nitrogens is 1. The summed E-state index contributed by atoms with van der Waals surface area (Å²) in [7, 11) is 1.96. The Labute approximate surface area is 125 Å². The fraction of sp³-hybridized carbons (Fsp3) is 0.412. The third-order valence-electron chi connectivity index (χ3n) is 4.13. The second-order valence-corrected chi connectivity index (χ2v) is 6.50. The van der Waals surface area contributed by atoms with Gasteiger partial charge in [0.15, 0.2) is 0 Å². The molecule has 1 atom stereocenters. The van der Waals surface area contributed by atoms with E-state index in [0.29, 0.717) is 22.3 Å². The molecule has 0 saturated carbocycles. The Hall–Kier alpha value is -2.10. The maximum atomic E-state index is 11.5. The van der Waals surface area contributed by atoms with Gasteiger partial charge in [0, 0.05) is 18.5 Å². The minimum atomic E-state index is -0.924. The first-order chi connectivity index (χ1) is 9.71. The van der Waals surface area contributed by atoms with Gasteiger partial charge in [-0.05, 0) is 24.5 Å². The number of pyridine rings is 1. The quantitative estimate of drug-likeness (QED) is 0.932. The van der Waals surface area contributed by atoms with Crippen molar-refractivity contribution in [1.82, 2.24) is 4.98 Å². The topological polar surface area (TPSA) is 53.4 Å². The lowest BCUT2D eigenvalue weighted by Crippen LogP contribution is -2.39. The Balaban J connectivity index is 2.58. The maximum Gasteiger partial charge on any atom is 0.336 e. The number of anilines is 1. The Morgan fingerprint density at radius 1 is 1.29 bits per heavy atom. The van der Waals surface area contributed by atoms with Gasteiger partial charge in [0.1, 0.15) is 5.82 Å². The highest BCUT2D eigenvalue weighted by Gasteiger charge is 2.25. The first kappa shape index (κ1) is 15.3. The molecule has 21 heavy (non-hydrogen) atoms.